The molecule has 0 saturated heterocycles. The molecular formula is C20H26N2O2. The van der Waals surface area contributed by atoms with Crippen molar-refractivity contribution in [1.82, 2.24) is 10.2 Å². The monoisotopic (exact) mass is 326 g/mol. The second kappa shape index (κ2) is 9.08. The zero-order valence-electron chi connectivity index (χ0n) is 14.7. The van der Waals surface area contributed by atoms with Gasteiger partial charge in [0.2, 0.25) is 0 Å². The first-order valence-corrected chi connectivity index (χ1v) is 8.24. The zero-order valence-corrected chi connectivity index (χ0v) is 14.7. The summed E-state index contributed by atoms with van der Waals surface area (Å²) in [6.07, 6.45) is 0. The van der Waals surface area contributed by atoms with Gasteiger partial charge in [-0.25, -0.2) is 0 Å². The molecule has 2 aromatic rings. The van der Waals surface area contributed by atoms with Gasteiger partial charge in [-0.2, -0.15) is 0 Å². The van der Waals surface area contributed by atoms with Crippen LogP contribution >= 0.6 is 0 Å². The van der Waals surface area contributed by atoms with Gasteiger partial charge in [0.25, 0.3) is 5.91 Å². The zero-order chi connectivity index (χ0) is 17.4. The number of nitrogens with zero attached hydrogens (tertiary/aromatic N) is 1. The van der Waals surface area contributed by atoms with Crippen molar-refractivity contribution in [2.24, 2.45) is 5.92 Å². The largest absolute Gasteiger partial charge is 0.489 e. The lowest BCUT2D eigenvalue weighted by Gasteiger charge is -2.17. The van der Waals surface area contributed by atoms with Crippen LogP contribution < -0.4 is 10.1 Å². The summed E-state index contributed by atoms with van der Waals surface area (Å²) in [6, 6.07) is 17.3. The maximum atomic E-state index is 12.3. The van der Waals surface area contributed by atoms with E-state index < -0.39 is 0 Å². The third kappa shape index (κ3) is 6.05. The fourth-order valence-corrected chi connectivity index (χ4v) is 2.52. The van der Waals surface area contributed by atoms with Gasteiger partial charge in [-0.1, -0.05) is 43.3 Å². The SMILES string of the molecule is C[C@@H](CNC(=O)c1cccc(OCc2ccccc2)c1)CN(C)C. The van der Waals surface area contributed by atoms with Crippen molar-refractivity contribution in [2.45, 2.75) is 13.5 Å². The van der Waals surface area contributed by atoms with Crippen LogP contribution in [0.3, 0.4) is 0 Å². The van der Waals surface area contributed by atoms with Crippen molar-refractivity contribution in [1.29, 1.82) is 0 Å². The molecule has 0 radical (unpaired) electrons. The number of nitrogens with one attached hydrogen (secondary N) is 1. The number of amides is 1. The number of hydrogen-bond acceptors (Lipinski definition) is 3. The van der Waals surface area contributed by atoms with E-state index in [9.17, 15) is 4.79 Å². The standard InChI is InChI=1S/C20H26N2O2/c1-16(14-22(2)3)13-21-20(23)18-10-7-11-19(12-18)24-15-17-8-5-4-6-9-17/h4-12,16H,13-15H2,1-3H3,(H,21,23)/t16-/m0/s1. The van der Waals surface area contributed by atoms with Crippen molar-refractivity contribution in [3.63, 3.8) is 0 Å². The van der Waals surface area contributed by atoms with Gasteiger partial charge < -0.3 is 15.0 Å². The normalized spacial score (nSPS) is 12.0. The maximum absolute atomic E-state index is 12.3. The van der Waals surface area contributed by atoms with Crippen molar-refractivity contribution in [2.75, 3.05) is 27.2 Å². The van der Waals surface area contributed by atoms with Gasteiger partial charge in [-0.3, -0.25) is 4.79 Å². The van der Waals surface area contributed by atoms with E-state index in [1.165, 1.54) is 0 Å². The summed E-state index contributed by atoms with van der Waals surface area (Å²) in [5, 5.41) is 2.98. The number of hydrogen-bond donors (Lipinski definition) is 1. The molecule has 0 aliphatic heterocycles. The van der Waals surface area contributed by atoms with Crippen molar-refractivity contribution in [3.05, 3.63) is 65.7 Å². The highest BCUT2D eigenvalue weighted by Gasteiger charge is 2.09. The van der Waals surface area contributed by atoms with Crippen LogP contribution in [0.25, 0.3) is 0 Å². The van der Waals surface area contributed by atoms with E-state index in [0.29, 0.717) is 30.4 Å². The molecule has 1 N–H and O–H groups in total. The molecule has 0 unspecified atom stereocenters. The Hall–Kier alpha value is -2.33. The molecule has 24 heavy (non-hydrogen) atoms. The number of rotatable bonds is 8. The van der Waals surface area contributed by atoms with Crippen LogP contribution in [0.15, 0.2) is 54.6 Å². The Morgan fingerprint density at radius 2 is 1.88 bits per heavy atom. The molecule has 0 aliphatic rings. The topological polar surface area (TPSA) is 41.6 Å². The van der Waals surface area contributed by atoms with E-state index in [0.717, 1.165) is 12.1 Å². The number of ether oxygens (including phenoxy) is 1. The Balaban J connectivity index is 1.88. The molecule has 0 aliphatic carbocycles. The third-order valence-electron chi connectivity index (χ3n) is 3.63. The smallest absolute Gasteiger partial charge is 0.251 e. The van der Waals surface area contributed by atoms with Gasteiger partial charge >= 0.3 is 0 Å². The highest BCUT2D eigenvalue weighted by molar-refractivity contribution is 5.94. The van der Waals surface area contributed by atoms with Crippen LogP contribution in [-0.4, -0.2) is 38.0 Å². The molecule has 0 fully saturated rings. The molecule has 2 aromatic carbocycles. The molecule has 1 amide bonds. The molecule has 4 nitrogen and oxygen atoms in total. The molecule has 0 saturated carbocycles. The van der Waals surface area contributed by atoms with Gasteiger partial charge in [0.1, 0.15) is 12.4 Å². The highest BCUT2D eigenvalue weighted by Crippen LogP contribution is 2.15. The van der Waals surface area contributed by atoms with E-state index in [1.807, 2.05) is 56.6 Å². The second-order valence-corrected chi connectivity index (χ2v) is 6.38. The van der Waals surface area contributed by atoms with Crippen molar-refractivity contribution >= 4 is 5.91 Å². The third-order valence-corrected chi connectivity index (χ3v) is 3.63. The minimum absolute atomic E-state index is 0.0641. The highest BCUT2D eigenvalue weighted by atomic mass is 16.5. The summed E-state index contributed by atoms with van der Waals surface area (Å²) in [4.78, 5) is 14.4. The predicted octanol–water partition coefficient (Wildman–Crippen LogP) is 3.19. The lowest BCUT2D eigenvalue weighted by atomic mass is 10.1. The van der Waals surface area contributed by atoms with Crippen LogP contribution in [0.4, 0.5) is 0 Å². The Morgan fingerprint density at radius 3 is 2.58 bits per heavy atom. The Labute approximate surface area is 144 Å². The quantitative estimate of drug-likeness (QED) is 0.810. The lowest BCUT2D eigenvalue weighted by Crippen LogP contribution is -2.32. The maximum Gasteiger partial charge on any atom is 0.251 e. The molecule has 2 rings (SSSR count). The molecule has 1 atom stereocenters. The van der Waals surface area contributed by atoms with Crippen LogP contribution in [0, 0.1) is 5.92 Å². The Morgan fingerprint density at radius 1 is 1.12 bits per heavy atom. The van der Waals surface area contributed by atoms with E-state index in [2.05, 4.69) is 17.1 Å². The van der Waals surface area contributed by atoms with Crippen LogP contribution in [0.2, 0.25) is 0 Å². The van der Waals surface area contributed by atoms with Gasteiger partial charge in [0, 0.05) is 18.7 Å². The average Bonchev–Trinajstić information content (AvgIpc) is 2.58. The van der Waals surface area contributed by atoms with Gasteiger partial charge in [-0.15, -0.1) is 0 Å². The molecule has 0 bridgehead atoms. The van der Waals surface area contributed by atoms with Gasteiger partial charge in [0.05, 0.1) is 0 Å². The fraction of sp³-hybridized carbons (Fsp3) is 0.350. The fourth-order valence-electron chi connectivity index (χ4n) is 2.52. The number of carbonyl (C=O) groups excluding carboxylic acids is 1. The average molecular weight is 326 g/mol. The molecule has 0 heterocycles. The summed E-state index contributed by atoms with van der Waals surface area (Å²) >= 11 is 0. The molecular weight excluding hydrogens is 300 g/mol. The first-order valence-electron chi connectivity index (χ1n) is 8.24. The summed E-state index contributed by atoms with van der Waals surface area (Å²) in [7, 11) is 4.07. The van der Waals surface area contributed by atoms with Crippen molar-refractivity contribution in [3.8, 4) is 5.75 Å². The summed E-state index contributed by atoms with van der Waals surface area (Å²) in [5.74, 6) is 1.04. The molecule has 0 aromatic heterocycles. The van der Waals surface area contributed by atoms with E-state index in [-0.39, 0.29) is 5.91 Å². The van der Waals surface area contributed by atoms with E-state index >= 15 is 0 Å². The summed E-state index contributed by atoms with van der Waals surface area (Å²) < 4.78 is 5.77. The summed E-state index contributed by atoms with van der Waals surface area (Å²) in [6.45, 7) is 4.22. The molecule has 0 spiro atoms. The number of benzene rings is 2. The van der Waals surface area contributed by atoms with Crippen LogP contribution in [0.5, 0.6) is 5.75 Å². The lowest BCUT2D eigenvalue weighted by molar-refractivity contribution is 0.0945. The Bertz CT molecular complexity index is 641. The van der Waals surface area contributed by atoms with E-state index in [4.69, 9.17) is 4.74 Å². The van der Waals surface area contributed by atoms with Gasteiger partial charge in [0.15, 0.2) is 0 Å². The first kappa shape index (κ1) is 18.0. The first-order chi connectivity index (χ1) is 11.5. The molecule has 4 heteroatoms. The predicted molar refractivity (Wildman–Crippen MR) is 97.3 cm³/mol. The van der Waals surface area contributed by atoms with Gasteiger partial charge in [-0.05, 0) is 43.8 Å². The second-order valence-electron chi connectivity index (χ2n) is 6.38. The molecule has 128 valence electrons. The van der Waals surface area contributed by atoms with E-state index in [1.54, 1.807) is 12.1 Å². The minimum Gasteiger partial charge on any atom is -0.489 e. The Kier molecular flexibility index (Phi) is 6.82. The van der Waals surface area contributed by atoms with Crippen molar-refractivity contribution < 1.29 is 9.53 Å². The minimum atomic E-state index is -0.0641. The summed E-state index contributed by atoms with van der Waals surface area (Å²) in [5.41, 5.74) is 1.72. The number of carbonyl (C=O) groups is 1. The van der Waals surface area contributed by atoms with Crippen LogP contribution in [0.1, 0.15) is 22.8 Å². The van der Waals surface area contributed by atoms with Crippen LogP contribution in [-0.2, 0) is 6.61 Å².